The van der Waals surface area contributed by atoms with Crippen LogP contribution in [0, 0.1) is 5.92 Å². The zero-order valence-corrected chi connectivity index (χ0v) is 8.23. The Bertz CT molecular complexity index is 282. The average molecular weight is 180 g/mol. The fourth-order valence-corrected chi connectivity index (χ4v) is 1.80. The van der Waals surface area contributed by atoms with E-state index in [0.717, 1.165) is 18.9 Å². The lowest BCUT2D eigenvalue weighted by Crippen LogP contribution is -2.17. The average Bonchev–Trinajstić information content (AvgIpc) is 2.52. The summed E-state index contributed by atoms with van der Waals surface area (Å²) in [4.78, 5) is 0. The van der Waals surface area contributed by atoms with E-state index in [-0.39, 0.29) is 6.10 Å². The molecule has 2 atom stereocenters. The second-order valence-electron chi connectivity index (χ2n) is 3.94. The lowest BCUT2D eigenvalue weighted by molar-refractivity contribution is -0.00636. The monoisotopic (exact) mass is 180 g/mol. The first kappa shape index (κ1) is 8.75. The number of ether oxygens (including phenoxy) is 1. The van der Waals surface area contributed by atoms with Crippen molar-refractivity contribution in [3.63, 3.8) is 0 Å². The molecule has 0 aliphatic carbocycles. The Morgan fingerprint density at radius 2 is 2.46 bits per heavy atom. The summed E-state index contributed by atoms with van der Waals surface area (Å²) in [6.45, 7) is 3.17. The Morgan fingerprint density at radius 1 is 1.62 bits per heavy atom. The van der Waals surface area contributed by atoms with E-state index in [1.807, 2.05) is 24.1 Å². The number of nitrogens with zero attached hydrogens (tertiary/aromatic N) is 2. The fraction of sp³-hybridized carbons (Fsp3) is 0.700. The summed E-state index contributed by atoms with van der Waals surface area (Å²) in [6.07, 6.45) is 6.55. The van der Waals surface area contributed by atoms with Crippen LogP contribution in [-0.4, -0.2) is 16.4 Å². The molecule has 3 heteroatoms. The Kier molecular flexibility index (Phi) is 2.36. The van der Waals surface area contributed by atoms with E-state index in [4.69, 9.17) is 4.74 Å². The molecule has 0 unspecified atom stereocenters. The number of rotatable bonds is 1. The second-order valence-corrected chi connectivity index (χ2v) is 3.94. The maximum atomic E-state index is 5.69. The van der Waals surface area contributed by atoms with Gasteiger partial charge >= 0.3 is 0 Å². The summed E-state index contributed by atoms with van der Waals surface area (Å²) in [7, 11) is 1.94. The van der Waals surface area contributed by atoms with Gasteiger partial charge in [-0.05, 0) is 18.8 Å². The molecular weight excluding hydrogens is 164 g/mol. The highest BCUT2D eigenvalue weighted by molar-refractivity contribution is 5.08. The minimum absolute atomic E-state index is 0.275. The van der Waals surface area contributed by atoms with Crippen molar-refractivity contribution in [3.05, 3.63) is 18.0 Å². The largest absolute Gasteiger partial charge is 0.373 e. The third-order valence-corrected chi connectivity index (χ3v) is 2.64. The maximum absolute atomic E-state index is 5.69. The lowest BCUT2D eigenvalue weighted by atomic mass is 9.95. The molecule has 0 N–H and O–H groups in total. The number of aromatic nitrogens is 2. The first-order chi connectivity index (χ1) is 6.25. The van der Waals surface area contributed by atoms with Gasteiger partial charge in [0.05, 0.1) is 12.3 Å². The SMILES string of the molecule is C[C@@H]1CCO[C@@H](c2cnn(C)c2)C1. The summed E-state index contributed by atoms with van der Waals surface area (Å²) in [5.41, 5.74) is 1.22. The van der Waals surface area contributed by atoms with Crippen molar-refractivity contribution in [3.8, 4) is 0 Å². The van der Waals surface area contributed by atoms with Gasteiger partial charge in [0, 0.05) is 25.4 Å². The number of hydrogen-bond acceptors (Lipinski definition) is 2. The molecule has 1 aromatic rings. The van der Waals surface area contributed by atoms with Gasteiger partial charge in [0.15, 0.2) is 0 Å². The number of hydrogen-bond donors (Lipinski definition) is 0. The highest BCUT2D eigenvalue weighted by Gasteiger charge is 2.21. The predicted molar refractivity (Wildman–Crippen MR) is 50.3 cm³/mol. The molecule has 72 valence electrons. The molecule has 3 nitrogen and oxygen atoms in total. The summed E-state index contributed by atoms with van der Waals surface area (Å²) in [6, 6.07) is 0. The molecular formula is C10H16N2O. The van der Waals surface area contributed by atoms with Crippen LogP contribution in [0.1, 0.15) is 31.4 Å². The van der Waals surface area contributed by atoms with E-state index in [1.165, 1.54) is 12.0 Å². The quantitative estimate of drug-likeness (QED) is 0.660. The maximum Gasteiger partial charge on any atom is 0.0857 e. The van der Waals surface area contributed by atoms with E-state index in [1.54, 1.807) is 0 Å². The zero-order chi connectivity index (χ0) is 9.26. The van der Waals surface area contributed by atoms with Gasteiger partial charge in [0.25, 0.3) is 0 Å². The first-order valence-electron chi connectivity index (χ1n) is 4.86. The van der Waals surface area contributed by atoms with Crippen molar-refractivity contribution >= 4 is 0 Å². The van der Waals surface area contributed by atoms with Gasteiger partial charge < -0.3 is 4.74 Å². The number of aryl methyl sites for hydroxylation is 1. The third-order valence-electron chi connectivity index (χ3n) is 2.64. The van der Waals surface area contributed by atoms with Crippen LogP contribution in [0.3, 0.4) is 0 Å². The first-order valence-corrected chi connectivity index (χ1v) is 4.86. The Hall–Kier alpha value is -0.830. The molecule has 0 spiro atoms. The second kappa shape index (κ2) is 3.50. The molecule has 0 bridgehead atoms. The molecule has 1 aliphatic rings. The molecule has 0 amide bonds. The van der Waals surface area contributed by atoms with Crippen LogP contribution in [0.5, 0.6) is 0 Å². The normalized spacial score (nSPS) is 29.1. The van der Waals surface area contributed by atoms with Gasteiger partial charge in [-0.15, -0.1) is 0 Å². The van der Waals surface area contributed by atoms with Crippen LogP contribution in [0.4, 0.5) is 0 Å². The molecule has 0 saturated carbocycles. The van der Waals surface area contributed by atoms with Gasteiger partial charge in [0.1, 0.15) is 0 Å². The van der Waals surface area contributed by atoms with Crippen molar-refractivity contribution in [2.75, 3.05) is 6.61 Å². The van der Waals surface area contributed by atoms with Crippen molar-refractivity contribution in [1.29, 1.82) is 0 Å². The van der Waals surface area contributed by atoms with Gasteiger partial charge in [-0.1, -0.05) is 6.92 Å². The molecule has 1 aromatic heterocycles. The van der Waals surface area contributed by atoms with Gasteiger partial charge in [-0.3, -0.25) is 4.68 Å². The fourth-order valence-electron chi connectivity index (χ4n) is 1.80. The summed E-state index contributed by atoms with van der Waals surface area (Å²) < 4.78 is 7.53. The van der Waals surface area contributed by atoms with E-state index in [2.05, 4.69) is 12.0 Å². The van der Waals surface area contributed by atoms with E-state index >= 15 is 0 Å². The van der Waals surface area contributed by atoms with E-state index < -0.39 is 0 Å². The lowest BCUT2D eigenvalue weighted by Gasteiger charge is -2.26. The minimum atomic E-state index is 0.275. The van der Waals surface area contributed by atoms with Crippen molar-refractivity contribution < 1.29 is 4.74 Å². The van der Waals surface area contributed by atoms with Crippen LogP contribution in [0.2, 0.25) is 0 Å². The van der Waals surface area contributed by atoms with Crippen LogP contribution in [0.25, 0.3) is 0 Å². The topological polar surface area (TPSA) is 27.1 Å². The predicted octanol–water partition coefficient (Wildman–Crippen LogP) is 1.91. The van der Waals surface area contributed by atoms with Gasteiger partial charge in [-0.25, -0.2) is 0 Å². The highest BCUT2D eigenvalue weighted by atomic mass is 16.5. The minimum Gasteiger partial charge on any atom is -0.373 e. The Morgan fingerprint density at radius 3 is 3.08 bits per heavy atom. The summed E-state index contributed by atoms with van der Waals surface area (Å²) >= 11 is 0. The van der Waals surface area contributed by atoms with Crippen LogP contribution in [-0.2, 0) is 11.8 Å². The van der Waals surface area contributed by atoms with Crippen molar-refractivity contribution in [1.82, 2.24) is 9.78 Å². The summed E-state index contributed by atoms with van der Waals surface area (Å²) in [5, 5.41) is 4.15. The Balaban J connectivity index is 2.08. The highest BCUT2D eigenvalue weighted by Crippen LogP contribution is 2.30. The molecule has 0 radical (unpaired) electrons. The smallest absolute Gasteiger partial charge is 0.0857 e. The molecule has 0 aromatic carbocycles. The van der Waals surface area contributed by atoms with E-state index in [9.17, 15) is 0 Å². The molecule has 1 fully saturated rings. The van der Waals surface area contributed by atoms with Gasteiger partial charge in [0.2, 0.25) is 0 Å². The van der Waals surface area contributed by atoms with Crippen LogP contribution < -0.4 is 0 Å². The summed E-state index contributed by atoms with van der Waals surface area (Å²) in [5.74, 6) is 0.777. The van der Waals surface area contributed by atoms with Crippen LogP contribution in [0.15, 0.2) is 12.4 Å². The molecule has 13 heavy (non-hydrogen) atoms. The van der Waals surface area contributed by atoms with E-state index in [0.29, 0.717) is 0 Å². The van der Waals surface area contributed by atoms with Crippen molar-refractivity contribution in [2.24, 2.45) is 13.0 Å². The molecule has 1 aliphatic heterocycles. The standard InChI is InChI=1S/C10H16N2O/c1-8-3-4-13-10(5-8)9-6-11-12(2)7-9/h6-8,10H,3-5H2,1-2H3/t8-,10-/m1/s1. The zero-order valence-electron chi connectivity index (χ0n) is 8.23. The third kappa shape index (κ3) is 1.91. The van der Waals surface area contributed by atoms with Gasteiger partial charge in [-0.2, -0.15) is 5.10 Å². The molecule has 1 saturated heterocycles. The Labute approximate surface area is 78.7 Å². The molecule has 2 heterocycles. The van der Waals surface area contributed by atoms with Crippen LogP contribution >= 0.6 is 0 Å². The van der Waals surface area contributed by atoms with Crippen molar-refractivity contribution in [2.45, 2.75) is 25.9 Å². The molecule has 2 rings (SSSR count).